The van der Waals surface area contributed by atoms with Gasteiger partial charge in [-0.05, 0) is 60.2 Å². The summed E-state index contributed by atoms with van der Waals surface area (Å²) >= 11 is 0. The molecule has 1 atom stereocenters. The lowest BCUT2D eigenvalue weighted by Crippen LogP contribution is -2.12. The Hall–Kier alpha value is -4.58. The van der Waals surface area contributed by atoms with Crippen LogP contribution in [0.2, 0.25) is 0 Å². The first-order valence-electron chi connectivity index (χ1n) is 13.0. The van der Waals surface area contributed by atoms with Gasteiger partial charge < -0.3 is 10.3 Å². The van der Waals surface area contributed by atoms with E-state index in [9.17, 15) is 14.8 Å². The van der Waals surface area contributed by atoms with Gasteiger partial charge in [0.2, 0.25) is 0 Å². The van der Waals surface area contributed by atoms with Gasteiger partial charge in [-0.1, -0.05) is 78.0 Å². The van der Waals surface area contributed by atoms with Crippen LogP contribution in [0.3, 0.4) is 0 Å². The molecule has 1 heterocycles. The molecule has 4 rings (SSSR count). The maximum Gasteiger partial charge on any atom is 0.303 e. The van der Waals surface area contributed by atoms with Gasteiger partial charge in [-0.25, -0.2) is 0 Å². The number of aryl methyl sites for hydroxylation is 2. The topological polar surface area (TPSA) is 99.9 Å². The van der Waals surface area contributed by atoms with Crippen LogP contribution >= 0.6 is 0 Å². The molecule has 1 unspecified atom stereocenters. The van der Waals surface area contributed by atoms with Crippen molar-refractivity contribution in [3.8, 4) is 11.1 Å². The van der Waals surface area contributed by atoms with Crippen molar-refractivity contribution in [1.29, 1.82) is 0 Å². The maximum absolute atomic E-state index is 12.4. The number of carbonyl (C=O) groups excluding carboxylic acids is 1. The van der Waals surface area contributed by atoms with Crippen molar-refractivity contribution >= 4 is 17.5 Å². The molecule has 39 heavy (non-hydrogen) atoms. The summed E-state index contributed by atoms with van der Waals surface area (Å²) in [5.41, 5.74) is 8.33. The Labute approximate surface area is 228 Å². The zero-order chi connectivity index (χ0) is 27.8. The minimum absolute atomic E-state index is 0.00643. The summed E-state index contributed by atoms with van der Waals surface area (Å²) in [5.74, 6) is -0.964. The van der Waals surface area contributed by atoms with Crippen LogP contribution in [0.25, 0.3) is 11.1 Å². The predicted octanol–water partition coefficient (Wildman–Crippen LogP) is 7.20. The van der Waals surface area contributed by atoms with Gasteiger partial charge in [0.1, 0.15) is 0 Å². The van der Waals surface area contributed by atoms with Gasteiger partial charge in [-0.15, -0.1) is 0 Å². The molecule has 0 aliphatic heterocycles. The van der Waals surface area contributed by atoms with E-state index in [1.807, 2.05) is 43.3 Å². The van der Waals surface area contributed by atoms with Crippen LogP contribution in [-0.2, 0) is 4.79 Å². The van der Waals surface area contributed by atoms with Crippen LogP contribution in [0.1, 0.15) is 69.9 Å². The number of carboxylic acids is 1. The van der Waals surface area contributed by atoms with Crippen molar-refractivity contribution in [2.45, 2.75) is 45.4 Å². The van der Waals surface area contributed by atoms with E-state index in [1.165, 1.54) is 11.1 Å². The molecule has 2 N–H and O–H groups in total. The number of hydrogen-bond donors (Lipinski definition) is 2. The number of ketones is 1. The average Bonchev–Trinajstić information content (AvgIpc) is 2.94. The van der Waals surface area contributed by atoms with Gasteiger partial charge in [0.15, 0.2) is 5.78 Å². The number of rotatable bonds is 11. The summed E-state index contributed by atoms with van der Waals surface area (Å²) in [4.78, 5) is 27.3. The molecule has 0 bridgehead atoms. The number of nitrogens with zero attached hydrogens (tertiary/aromatic N) is 2. The monoisotopic (exact) mass is 520 g/mol. The van der Waals surface area contributed by atoms with Crippen LogP contribution < -0.4 is 0 Å². The molecule has 0 spiro atoms. The third-order valence-electron chi connectivity index (χ3n) is 6.96. The summed E-state index contributed by atoms with van der Waals surface area (Å²) in [5, 5.41) is 22.4. The Morgan fingerprint density at radius 3 is 2.13 bits per heavy atom. The van der Waals surface area contributed by atoms with Gasteiger partial charge in [-0.2, -0.15) is 0 Å². The highest BCUT2D eigenvalue weighted by Crippen LogP contribution is 2.33. The third-order valence-corrected chi connectivity index (χ3v) is 6.96. The normalized spacial score (nSPS) is 12.2. The highest BCUT2D eigenvalue weighted by Gasteiger charge is 2.20. The quantitative estimate of drug-likeness (QED) is 0.0942. The number of carbonyl (C=O) groups is 2. The van der Waals surface area contributed by atoms with Crippen LogP contribution in [0.5, 0.6) is 0 Å². The molecule has 0 amide bonds. The second kappa shape index (κ2) is 12.8. The molecule has 0 saturated carbocycles. The fourth-order valence-corrected chi connectivity index (χ4v) is 4.82. The van der Waals surface area contributed by atoms with Gasteiger partial charge in [0.25, 0.3) is 0 Å². The number of oxime groups is 1. The zero-order valence-corrected chi connectivity index (χ0v) is 22.2. The largest absolute Gasteiger partial charge is 0.481 e. The minimum atomic E-state index is -0.890. The van der Waals surface area contributed by atoms with Crippen molar-refractivity contribution in [3.63, 3.8) is 0 Å². The molecule has 0 aliphatic carbocycles. The number of Topliss-reactive ketones (excluding diaryl/α,β-unsaturated/α-hetero) is 1. The molecule has 0 radical (unpaired) electrons. The molecule has 0 fully saturated rings. The van der Waals surface area contributed by atoms with E-state index in [0.29, 0.717) is 24.1 Å². The molecular weight excluding hydrogens is 488 g/mol. The fourth-order valence-electron chi connectivity index (χ4n) is 4.82. The molecule has 4 aromatic rings. The van der Waals surface area contributed by atoms with E-state index >= 15 is 0 Å². The van der Waals surface area contributed by atoms with Crippen LogP contribution in [0, 0.1) is 13.8 Å². The Kier molecular flexibility index (Phi) is 9.00. The molecule has 1 aromatic heterocycles. The number of pyridine rings is 1. The van der Waals surface area contributed by atoms with Crippen molar-refractivity contribution in [2.75, 3.05) is 0 Å². The first-order valence-corrected chi connectivity index (χ1v) is 13.0. The standard InChI is InChI=1S/C33H32N2O4/c1-22-6-3-4-7-29(22)30(21-31(35-39)28-18-19-34-23(2)20-28)26-14-10-24(11-15-26)25-12-16-27(17-13-25)32(36)8-5-9-33(37)38/h3-4,6-7,10-20,30,39H,5,8-9,21H2,1-2H3,(H,37,38)/b35-31+. The lowest BCUT2D eigenvalue weighted by atomic mass is 9.83. The number of hydrogen-bond acceptors (Lipinski definition) is 5. The van der Waals surface area contributed by atoms with E-state index in [1.54, 1.807) is 18.3 Å². The van der Waals surface area contributed by atoms with Crippen molar-refractivity contribution in [1.82, 2.24) is 4.98 Å². The molecule has 6 heteroatoms. The smallest absolute Gasteiger partial charge is 0.303 e. The summed E-state index contributed by atoms with van der Waals surface area (Å²) in [6.45, 7) is 4.01. The van der Waals surface area contributed by atoms with Crippen LogP contribution in [-0.4, -0.2) is 32.8 Å². The Balaban J connectivity index is 1.58. The number of benzene rings is 3. The van der Waals surface area contributed by atoms with E-state index in [-0.39, 0.29) is 24.5 Å². The van der Waals surface area contributed by atoms with Gasteiger partial charge in [-0.3, -0.25) is 14.6 Å². The van der Waals surface area contributed by atoms with Crippen LogP contribution in [0.15, 0.2) is 96.3 Å². The second-order valence-electron chi connectivity index (χ2n) is 9.72. The van der Waals surface area contributed by atoms with Crippen molar-refractivity contribution < 1.29 is 19.9 Å². The van der Waals surface area contributed by atoms with E-state index in [2.05, 4.69) is 53.5 Å². The summed E-state index contributed by atoms with van der Waals surface area (Å²) in [7, 11) is 0. The summed E-state index contributed by atoms with van der Waals surface area (Å²) in [6.07, 6.45) is 2.79. The van der Waals surface area contributed by atoms with Crippen molar-refractivity contribution in [3.05, 3.63) is 125 Å². The highest BCUT2D eigenvalue weighted by molar-refractivity contribution is 6.01. The predicted molar refractivity (Wildman–Crippen MR) is 153 cm³/mol. The third kappa shape index (κ3) is 7.05. The van der Waals surface area contributed by atoms with Gasteiger partial charge in [0, 0.05) is 48.2 Å². The van der Waals surface area contributed by atoms with Gasteiger partial charge in [0.05, 0.1) is 5.71 Å². The summed E-state index contributed by atoms with van der Waals surface area (Å²) in [6, 6.07) is 27.8. The molecule has 0 aliphatic rings. The van der Waals surface area contributed by atoms with E-state index in [4.69, 9.17) is 5.11 Å². The van der Waals surface area contributed by atoms with Gasteiger partial charge >= 0.3 is 5.97 Å². The zero-order valence-electron chi connectivity index (χ0n) is 22.2. The first-order chi connectivity index (χ1) is 18.9. The van der Waals surface area contributed by atoms with E-state index in [0.717, 1.165) is 27.9 Å². The number of aromatic nitrogens is 1. The number of aliphatic carboxylic acids is 1. The number of carboxylic acid groups (broad SMARTS) is 1. The molecule has 0 saturated heterocycles. The SMILES string of the molecule is Cc1cc(/C(CC(c2ccc(-c3ccc(C(=O)CCCC(=O)O)cc3)cc2)c2ccccc2C)=N/O)ccn1. The molecule has 6 nitrogen and oxygen atoms in total. The van der Waals surface area contributed by atoms with Crippen LogP contribution in [0.4, 0.5) is 0 Å². The molecular formula is C33H32N2O4. The summed E-state index contributed by atoms with van der Waals surface area (Å²) < 4.78 is 0. The average molecular weight is 521 g/mol. The van der Waals surface area contributed by atoms with Crippen molar-refractivity contribution in [2.24, 2.45) is 5.16 Å². The Bertz CT molecular complexity index is 1470. The second-order valence-corrected chi connectivity index (χ2v) is 9.72. The Morgan fingerprint density at radius 1 is 0.846 bits per heavy atom. The molecule has 198 valence electrons. The minimum Gasteiger partial charge on any atom is -0.481 e. The van der Waals surface area contributed by atoms with E-state index < -0.39 is 5.97 Å². The first kappa shape index (κ1) is 27.5. The molecule has 3 aromatic carbocycles. The lowest BCUT2D eigenvalue weighted by Gasteiger charge is -2.21. The lowest BCUT2D eigenvalue weighted by molar-refractivity contribution is -0.137. The Morgan fingerprint density at radius 2 is 1.51 bits per heavy atom. The fraction of sp³-hybridized carbons (Fsp3) is 0.212. The maximum atomic E-state index is 12.4. The highest BCUT2D eigenvalue weighted by atomic mass is 16.4.